The van der Waals surface area contributed by atoms with Crippen LogP contribution in [0, 0.1) is 13.8 Å². The van der Waals surface area contributed by atoms with Crippen LogP contribution in [0.4, 0.5) is 0 Å². The molecule has 14 heteroatoms. The van der Waals surface area contributed by atoms with Crippen molar-refractivity contribution in [2.24, 2.45) is 29.1 Å². The van der Waals surface area contributed by atoms with Crippen LogP contribution in [0.15, 0.2) is 226 Å². The van der Waals surface area contributed by atoms with Gasteiger partial charge in [-0.1, -0.05) is 24.3 Å². The van der Waals surface area contributed by atoms with Gasteiger partial charge in [-0.25, -0.2) is 28.7 Å². The first-order valence-electron chi connectivity index (χ1n) is 28.4. The number of aromatic nitrogens is 5. The summed E-state index contributed by atoms with van der Waals surface area (Å²) < 4.78 is 18.1. The molecule has 5 aromatic heterocycles. The first-order valence-corrected chi connectivity index (χ1v) is 28.4. The number of fused-ring (bicyclic) bond motifs is 9. The molecule has 3 aromatic carbocycles. The number of allylic oxidation sites excluding steroid dienone is 11. The molecule has 0 fully saturated rings. The molecule has 13 nitrogen and oxygen atoms in total. The fraction of sp³-hybridized carbons (Fsp3) is 0.186. The number of benzene rings is 3. The van der Waals surface area contributed by atoms with Crippen LogP contribution in [0.1, 0.15) is 64.9 Å². The van der Waals surface area contributed by atoms with Crippen LogP contribution >= 0.6 is 0 Å². The van der Waals surface area contributed by atoms with Gasteiger partial charge in [0.05, 0.1) is 53.5 Å². The molecule has 8 aromatic rings. The van der Waals surface area contributed by atoms with Crippen LogP contribution in [-0.4, -0.2) is 60.2 Å². The number of aliphatic imine (C=N–C) groups is 3. The largest absolute Gasteiger partial charge is 2.00 e. The van der Waals surface area contributed by atoms with Crippen LogP contribution < -0.4 is 33.5 Å². The first kappa shape index (κ1) is 55.1. The summed E-state index contributed by atoms with van der Waals surface area (Å²) in [6, 6.07) is 29.2. The third-order valence-electron chi connectivity index (χ3n) is 16.1. The topological polar surface area (TPSA) is 129 Å². The second kappa shape index (κ2) is 23.4. The number of aryl methyl sites for hydroxylation is 5. The van der Waals surface area contributed by atoms with E-state index < -0.39 is 0 Å². The molecule has 8 bridgehead atoms. The SMILES string of the molecule is COc1ccc2[nH]c3c(C)c4cc[n+](CCCCC(=O)NCCCOc5ccc(C6=C7C=CC(=N7)C(=C7C=CN(C)C=C7)C7=NC(=C(c8cc[n+](C)cc8)c8ccc([n-]8)C(c8cc[n+](C)cc8)=C8C=CC6=N8)C=C7)cc5)cc4c(C)c3c2c1.[Mn+2]. The summed E-state index contributed by atoms with van der Waals surface area (Å²) in [5.41, 5.74) is 18.8. The van der Waals surface area contributed by atoms with E-state index in [1.165, 1.54) is 38.2 Å². The summed E-state index contributed by atoms with van der Waals surface area (Å²) >= 11 is 0. The van der Waals surface area contributed by atoms with Gasteiger partial charge in [-0.05, 0) is 156 Å². The molecule has 0 saturated carbocycles. The van der Waals surface area contributed by atoms with Crippen LogP contribution in [0.3, 0.4) is 0 Å². The Hall–Kier alpha value is -9.49. The van der Waals surface area contributed by atoms with Crippen LogP contribution in [0.2, 0.25) is 0 Å². The number of pyridine rings is 3. The molecule has 0 spiro atoms. The molecule has 0 unspecified atom stereocenters. The number of H-pyrrole nitrogens is 1. The molecule has 0 aliphatic carbocycles. The Balaban J connectivity index is 0.00000694. The van der Waals surface area contributed by atoms with Gasteiger partial charge in [0.25, 0.3) is 0 Å². The fourth-order valence-electron chi connectivity index (χ4n) is 11.7. The number of ether oxygens (including phenoxy) is 2. The average molecular weight is 1150 g/mol. The zero-order valence-corrected chi connectivity index (χ0v) is 49.1. The first-order chi connectivity index (χ1) is 40.5. The summed E-state index contributed by atoms with van der Waals surface area (Å²) in [5, 5.41) is 8.00. The van der Waals surface area contributed by atoms with Crippen molar-refractivity contribution >= 4 is 72.3 Å². The molecule has 84 heavy (non-hydrogen) atoms. The molecule has 415 valence electrons. The van der Waals surface area contributed by atoms with Gasteiger partial charge >= 0.3 is 17.1 Å². The van der Waals surface area contributed by atoms with E-state index in [1.54, 1.807) is 7.11 Å². The second-order valence-corrected chi connectivity index (χ2v) is 21.7. The minimum Gasteiger partial charge on any atom is -0.657 e. The Bertz CT molecular complexity index is 4370. The normalized spacial score (nSPS) is 15.3. The fourth-order valence-corrected chi connectivity index (χ4v) is 11.7. The van der Waals surface area contributed by atoms with Gasteiger partial charge in [0.2, 0.25) is 5.91 Å². The molecule has 2 N–H and O–H groups in total. The number of hydrogen-bond donors (Lipinski definition) is 2. The van der Waals surface area contributed by atoms with Crippen molar-refractivity contribution in [1.82, 2.24) is 20.2 Å². The predicted octanol–water partition coefficient (Wildman–Crippen LogP) is 11.0. The molecule has 1 radical (unpaired) electrons. The van der Waals surface area contributed by atoms with Crippen molar-refractivity contribution in [1.29, 1.82) is 0 Å². The number of methoxy groups -OCH3 is 1. The molecule has 0 saturated heterocycles. The number of carbonyl (C=O) groups is 1. The molecular weight excluding hydrogens is 1080 g/mol. The monoisotopic (exact) mass is 1150 g/mol. The third kappa shape index (κ3) is 10.8. The van der Waals surface area contributed by atoms with Crippen LogP contribution in [0.25, 0.3) is 49.3 Å². The van der Waals surface area contributed by atoms with Gasteiger partial charge in [-0.15, -0.1) is 11.4 Å². The summed E-state index contributed by atoms with van der Waals surface area (Å²) in [7, 11) is 7.76. The quantitative estimate of drug-likeness (QED) is 0.0636. The summed E-state index contributed by atoms with van der Waals surface area (Å²) in [6.07, 6.45) is 36.3. The van der Waals surface area contributed by atoms with Crippen molar-refractivity contribution in [3.8, 4) is 11.5 Å². The van der Waals surface area contributed by atoms with E-state index >= 15 is 0 Å². The van der Waals surface area contributed by atoms with Crippen LogP contribution in [0.5, 0.6) is 11.5 Å². The Morgan fingerprint density at radius 2 is 1.20 bits per heavy atom. The molecule has 0 atom stereocenters. The summed E-state index contributed by atoms with van der Waals surface area (Å²) in [6.45, 7) is 6.22. The average Bonchev–Trinajstić information content (AvgIpc) is 2.26. The predicted molar refractivity (Wildman–Crippen MR) is 330 cm³/mol. The third-order valence-corrected chi connectivity index (χ3v) is 16.1. The van der Waals surface area contributed by atoms with Gasteiger partial charge in [-0.3, -0.25) is 4.79 Å². The standard InChI is InChI=1S/C70H62N10O3.Mn/c1-44-54-43-80(40-31-52(54)45(2)70-65(44)53-42-51(82-6)15-16-55(53)76-70)33-8-7-10-64(81)71-32-9-41-83-50-13-11-46(12-14-50)66-56-17-19-58(72-56)67(47-25-34-77(3)35-26-47)60-21-23-62(74-60)69(49-29-38-79(5)39-30-49)63-24-22-61(75-63)68(59-20-18-57(66)73-59)48-27-36-78(4)37-28-48;/h11-31,34-40,42-43H,7-10,32-33,41H2,1-6H3;/q;+2/p+2. The molecular formula is C70H64MnN10O3+4. The summed E-state index contributed by atoms with van der Waals surface area (Å²) in [5.74, 6) is 1.64. The molecule has 1 amide bonds. The van der Waals surface area contributed by atoms with Crippen molar-refractivity contribution in [2.75, 3.05) is 27.3 Å². The number of nitrogens with one attached hydrogen (secondary N) is 2. The van der Waals surface area contributed by atoms with Gasteiger partial charge in [0, 0.05) is 102 Å². The van der Waals surface area contributed by atoms with E-state index in [9.17, 15) is 4.79 Å². The van der Waals surface area contributed by atoms with E-state index in [1.807, 2.05) is 53.4 Å². The van der Waals surface area contributed by atoms with Gasteiger partial charge < -0.3 is 29.7 Å². The smallest absolute Gasteiger partial charge is 0.657 e. The molecule has 5 aliphatic rings. The maximum absolute atomic E-state index is 13.0. The zero-order valence-electron chi connectivity index (χ0n) is 48.0. The van der Waals surface area contributed by atoms with Crippen molar-refractivity contribution in [2.45, 2.75) is 46.1 Å². The van der Waals surface area contributed by atoms with Crippen LogP contribution in [-0.2, 0) is 42.5 Å². The molecule has 13 rings (SSSR count). The second-order valence-electron chi connectivity index (χ2n) is 21.7. The van der Waals surface area contributed by atoms with Gasteiger partial charge in [-0.2, -0.15) is 0 Å². The van der Waals surface area contributed by atoms with E-state index in [0.717, 1.165) is 127 Å². The van der Waals surface area contributed by atoms with E-state index in [0.29, 0.717) is 26.0 Å². The minimum absolute atomic E-state index is 0. The molecule has 10 heterocycles. The Morgan fingerprint density at radius 1 is 0.619 bits per heavy atom. The van der Waals surface area contributed by atoms with E-state index in [2.05, 4.69) is 194 Å². The Labute approximate surface area is 499 Å². The number of aromatic amines is 1. The van der Waals surface area contributed by atoms with Gasteiger partial charge in [0.15, 0.2) is 37.2 Å². The number of rotatable bonds is 14. The van der Waals surface area contributed by atoms with Crippen molar-refractivity contribution < 1.29 is 45.0 Å². The zero-order chi connectivity index (χ0) is 56.7. The van der Waals surface area contributed by atoms with Crippen molar-refractivity contribution in [3.63, 3.8) is 0 Å². The number of carbonyl (C=O) groups excluding carboxylic acids is 1. The maximum atomic E-state index is 13.0. The minimum atomic E-state index is 0. The molecule has 5 aliphatic heterocycles. The number of nitrogens with zero attached hydrogens (tertiary/aromatic N) is 8. The van der Waals surface area contributed by atoms with Crippen molar-refractivity contribution in [3.05, 3.63) is 251 Å². The number of amides is 1. The Morgan fingerprint density at radius 3 is 1.82 bits per heavy atom. The number of hydrogen-bond acceptors (Lipinski definition) is 7. The number of unbranched alkanes of at least 4 members (excludes halogenated alkanes) is 1. The van der Waals surface area contributed by atoms with E-state index in [-0.39, 0.29) is 23.0 Å². The summed E-state index contributed by atoms with van der Waals surface area (Å²) in [4.78, 5) is 40.4. The van der Waals surface area contributed by atoms with Gasteiger partial charge in [0.1, 0.15) is 32.1 Å². The Kier molecular flexibility index (Phi) is 15.3. The maximum Gasteiger partial charge on any atom is 2.00 e. The van der Waals surface area contributed by atoms with E-state index in [4.69, 9.17) is 29.4 Å².